The van der Waals surface area contributed by atoms with Gasteiger partial charge in [-0.2, -0.15) is 0 Å². The van der Waals surface area contributed by atoms with E-state index >= 15 is 0 Å². The molecule has 2 unspecified atom stereocenters. The maximum absolute atomic E-state index is 12.8. The number of hydrogen-bond donors (Lipinski definition) is 0. The second-order valence-corrected chi connectivity index (χ2v) is 7.67. The Bertz CT molecular complexity index is 754. The quantitative estimate of drug-likeness (QED) is 0.625. The molecule has 1 aromatic carbocycles. The fraction of sp³-hybridized carbons (Fsp3) is 0.591. The highest BCUT2D eigenvalue weighted by Gasteiger charge is 2.47. The van der Waals surface area contributed by atoms with E-state index in [-0.39, 0.29) is 42.5 Å². The maximum Gasteiger partial charge on any atom is 0.233 e. The first-order chi connectivity index (χ1) is 14.0. The number of imide groups is 1. The van der Waals surface area contributed by atoms with Crippen LogP contribution in [0.3, 0.4) is 0 Å². The minimum atomic E-state index is -0.166. The number of hydrogen-bond acceptors (Lipinski definition) is 5. The SMILES string of the molecule is CCN(Cc1ccc(OC)c(OC)c1)C(=O)CCN1C(=O)C2CCCCC2C1=O. The van der Waals surface area contributed by atoms with Gasteiger partial charge < -0.3 is 14.4 Å². The van der Waals surface area contributed by atoms with Crippen molar-refractivity contribution in [2.45, 2.75) is 45.6 Å². The number of rotatable bonds is 8. The van der Waals surface area contributed by atoms with Crippen LogP contribution in [0.1, 0.15) is 44.6 Å². The van der Waals surface area contributed by atoms with Crippen LogP contribution in [0.4, 0.5) is 0 Å². The fourth-order valence-electron chi connectivity index (χ4n) is 4.39. The van der Waals surface area contributed by atoms with Gasteiger partial charge in [-0.3, -0.25) is 19.3 Å². The largest absolute Gasteiger partial charge is 0.493 e. The molecule has 1 aromatic rings. The minimum absolute atomic E-state index is 0.0715. The van der Waals surface area contributed by atoms with Crippen LogP contribution in [0, 0.1) is 11.8 Å². The van der Waals surface area contributed by atoms with Crippen molar-refractivity contribution in [3.05, 3.63) is 23.8 Å². The van der Waals surface area contributed by atoms with E-state index in [1.807, 2.05) is 25.1 Å². The Morgan fingerprint density at radius 2 is 1.69 bits per heavy atom. The molecule has 1 aliphatic carbocycles. The van der Waals surface area contributed by atoms with Crippen LogP contribution in [-0.2, 0) is 20.9 Å². The Kier molecular flexibility index (Phi) is 6.77. The molecule has 1 saturated carbocycles. The first-order valence-electron chi connectivity index (χ1n) is 10.3. The summed E-state index contributed by atoms with van der Waals surface area (Å²) >= 11 is 0. The van der Waals surface area contributed by atoms with Crippen molar-refractivity contribution in [2.75, 3.05) is 27.3 Å². The molecule has 0 radical (unpaired) electrons. The predicted molar refractivity (Wildman–Crippen MR) is 107 cm³/mol. The van der Waals surface area contributed by atoms with Crippen LogP contribution < -0.4 is 9.47 Å². The topological polar surface area (TPSA) is 76.2 Å². The fourth-order valence-corrected chi connectivity index (χ4v) is 4.39. The molecule has 0 aromatic heterocycles. The summed E-state index contributed by atoms with van der Waals surface area (Å²) in [6, 6.07) is 5.57. The van der Waals surface area contributed by atoms with E-state index < -0.39 is 0 Å². The van der Waals surface area contributed by atoms with Crippen LogP contribution in [0.15, 0.2) is 18.2 Å². The molecule has 29 heavy (non-hydrogen) atoms. The van der Waals surface area contributed by atoms with Gasteiger partial charge >= 0.3 is 0 Å². The highest BCUT2D eigenvalue weighted by molar-refractivity contribution is 6.05. The molecule has 0 spiro atoms. The molecule has 2 fully saturated rings. The number of methoxy groups -OCH3 is 2. The smallest absolute Gasteiger partial charge is 0.233 e. The van der Waals surface area contributed by atoms with Gasteiger partial charge in [0.15, 0.2) is 11.5 Å². The van der Waals surface area contributed by atoms with Crippen molar-refractivity contribution in [3.8, 4) is 11.5 Å². The Labute approximate surface area is 171 Å². The third-order valence-electron chi connectivity index (χ3n) is 6.04. The molecule has 1 aliphatic heterocycles. The average molecular weight is 402 g/mol. The van der Waals surface area contributed by atoms with E-state index in [1.165, 1.54) is 4.90 Å². The predicted octanol–water partition coefficient (Wildman–Crippen LogP) is 2.62. The molecule has 1 saturated heterocycles. The van der Waals surface area contributed by atoms with Crippen LogP contribution in [-0.4, -0.2) is 54.8 Å². The second kappa shape index (κ2) is 9.29. The molecular weight excluding hydrogens is 372 g/mol. The lowest BCUT2D eigenvalue weighted by Gasteiger charge is -2.23. The second-order valence-electron chi connectivity index (χ2n) is 7.67. The third-order valence-corrected chi connectivity index (χ3v) is 6.04. The first-order valence-corrected chi connectivity index (χ1v) is 10.3. The van der Waals surface area contributed by atoms with Gasteiger partial charge in [-0.1, -0.05) is 18.9 Å². The molecule has 158 valence electrons. The Hall–Kier alpha value is -2.57. The first kappa shape index (κ1) is 21.1. The number of carbonyl (C=O) groups is 3. The van der Waals surface area contributed by atoms with Crippen LogP contribution >= 0.6 is 0 Å². The van der Waals surface area contributed by atoms with Crippen molar-refractivity contribution in [2.24, 2.45) is 11.8 Å². The lowest BCUT2D eigenvalue weighted by Crippen LogP contribution is -2.37. The van der Waals surface area contributed by atoms with Crippen molar-refractivity contribution in [3.63, 3.8) is 0 Å². The number of carbonyl (C=O) groups excluding carboxylic acids is 3. The van der Waals surface area contributed by atoms with Gasteiger partial charge in [0.25, 0.3) is 0 Å². The van der Waals surface area contributed by atoms with Gasteiger partial charge in [-0.25, -0.2) is 0 Å². The molecule has 3 amide bonds. The summed E-state index contributed by atoms with van der Waals surface area (Å²) in [4.78, 5) is 41.0. The monoisotopic (exact) mass is 402 g/mol. The van der Waals surface area contributed by atoms with Crippen LogP contribution in [0.25, 0.3) is 0 Å². The Morgan fingerprint density at radius 3 is 2.24 bits per heavy atom. The Morgan fingerprint density at radius 1 is 1.07 bits per heavy atom. The zero-order chi connectivity index (χ0) is 21.0. The highest BCUT2D eigenvalue weighted by Crippen LogP contribution is 2.38. The van der Waals surface area contributed by atoms with Crippen molar-refractivity contribution < 1.29 is 23.9 Å². The number of amides is 3. The van der Waals surface area contributed by atoms with E-state index in [9.17, 15) is 14.4 Å². The summed E-state index contributed by atoms with van der Waals surface area (Å²) in [6.07, 6.45) is 3.74. The number of fused-ring (bicyclic) bond motifs is 1. The lowest BCUT2D eigenvalue weighted by molar-refractivity contribution is -0.141. The van der Waals surface area contributed by atoms with Gasteiger partial charge in [0.2, 0.25) is 17.7 Å². The number of likely N-dealkylation sites (tertiary alicyclic amines) is 1. The molecular formula is C22H30N2O5. The molecule has 0 N–H and O–H groups in total. The highest BCUT2D eigenvalue weighted by atomic mass is 16.5. The third kappa shape index (κ3) is 4.38. The maximum atomic E-state index is 12.8. The van der Waals surface area contributed by atoms with Crippen LogP contribution in [0.5, 0.6) is 11.5 Å². The standard InChI is InChI=1S/C22H30N2O5/c1-4-23(14-15-9-10-18(28-2)19(13-15)29-3)20(25)11-12-24-21(26)16-7-5-6-8-17(16)22(24)27/h9-10,13,16-17H,4-8,11-12,14H2,1-3H3. The zero-order valence-electron chi connectivity index (χ0n) is 17.5. The molecule has 3 rings (SSSR count). The molecule has 2 aliphatic rings. The number of nitrogens with zero attached hydrogens (tertiary/aromatic N) is 2. The minimum Gasteiger partial charge on any atom is -0.493 e. The summed E-state index contributed by atoms with van der Waals surface area (Å²) < 4.78 is 10.6. The summed E-state index contributed by atoms with van der Waals surface area (Å²) in [5, 5.41) is 0. The van der Waals surface area contributed by atoms with Crippen molar-refractivity contribution in [1.29, 1.82) is 0 Å². The molecule has 7 nitrogen and oxygen atoms in total. The van der Waals surface area contributed by atoms with Gasteiger partial charge in [0, 0.05) is 26.1 Å². The summed E-state index contributed by atoms with van der Waals surface area (Å²) in [6.45, 7) is 3.06. The average Bonchev–Trinajstić information content (AvgIpc) is 3.00. The van der Waals surface area contributed by atoms with Gasteiger partial charge in [0.1, 0.15) is 0 Å². The summed E-state index contributed by atoms with van der Waals surface area (Å²) in [7, 11) is 3.16. The molecule has 1 heterocycles. The van der Waals surface area contributed by atoms with E-state index in [0.29, 0.717) is 24.6 Å². The number of benzene rings is 1. The van der Waals surface area contributed by atoms with Gasteiger partial charge in [0.05, 0.1) is 26.1 Å². The normalized spacial score (nSPS) is 21.1. The van der Waals surface area contributed by atoms with E-state index in [2.05, 4.69) is 0 Å². The van der Waals surface area contributed by atoms with E-state index in [0.717, 1.165) is 31.2 Å². The van der Waals surface area contributed by atoms with Crippen LogP contribution in [0.2, 0.25) is 0 Å². The van der Waals surface area contributed by atoms with Gasteiger partial charge in [-0.15, -0.1) is 0 Å². The lowest BCUT2D eigenvalue weighted by atomic mass is 9.81. The van der Waals surface area contributed by atoms with Crippen molar-refractivity contribution >= 4 is 17.7 Å². The Balaban J connectivity index is 1.60. The van der Waals surface area contributed by atoms with Gasteiger partial charge in [-0.05, 0) is 37.5 Å². The van der Waals surface area contributed by atoms with E-state index in [4.69, 9.17) is 9.47 Å². The summed E-state index contributed by atoms with van der Waals surface area (Å²) in [5.74, 6) is 0.673. The summed E-state index contributed by atoms with van der Waals surface area (Å²) in [5.41, 5.74) is 0.928. The number of ether oxygens (including phenoxy) is 2. The molecule has 0 bridgehead atoms. The van der Waals surface area contributed by atoms with Crippen molar-refractivity contribution in [1.82, 2.24) is 9.80 Å². The molecule has 2 atom stereocenters. The molecule has 7 heteroatoms. The zero-order valence-corrected chi connectivity index (χ0v) is 17.5. The van der Waals surface area contributed by atoms with E-state index in [1.54, 1.807) is 19.1 Å².